The number of carbonyl (C=O) groups excluding carboxylic acids is 1. The van der Waals surface area contributed by atoms with E-state index >= 15 is 0 Å². The minimum absolute atomic E-state index is 0.0508. The van der Waals surface area contributed by atoms with Crippen LogP contribution in [0.1, 0.15) is 25.7 Å². The summed E-state index contributed by atoms with van der Waals surface area (Å²) < 4.78 is 0. The molecule has 1 amide bonds. The van der Waals surface area contributed by atoms with Crippen LogP contribution >= 0.6 is 0 Å². The Kier molecular flexibility index (Phi) is 3.88. The number of pyridine rings is 1. The van der Waals surface area contributed by atoms with E-state index in [1.807, 2.05) is 12.1 Å². The molecule has 4 heteroatoms. The maximum atomic E-state index is 11.9. The molecule has 0 aliphatic carbocycles. The number of hydrogen-bond donors (Lipinski definition) is 2. The van der Waals surface area contributed by atoms with Crippen LogP contribution in [0.2, 0.25) is 0 Å². The van der Waals surface area contributed by atoms with Gasteiger partial charge < -0.3 is 10.6 Å². The van der Waals surface area contributed by atoms with Crippen LogP contribution in [-0.2, 0) is 4.79 Å². The van der Waals surface area contributed by atoms with Gasteiger partial charge in [-0.2, -0.15) is 0 Å². The lowest BCUT2D eigenvalue weighted by Gasteiger charge is -2.15. The number of nitrogens with one attached hydrogen (secondary N) is 2. The van der Waals surface area contributed by atoms with Crippen LogP contribution in [-0.4, -0.2) is 23.5 Å². The van der Waals surface area contributed by atoms with E-state index in [9.17, 15) is 4.79 Å². The van der Waals surface area contributed by atoms with Gasteiger partial charge in [-0.15, -0.1) is 0 Å². The van der Waals surface area contributed by atoms with Gasteiger partial charge in [-0.1, -0.05) is 12.8 Å². The molecule has 0 saturated carbocycles. The Morgan fingerprint density at radius 2 is 2.38 bits per heavy atom. The molecule has 2 rings (SSSR count). The van der Waals surface area contributed by atoms with E-state index in [2.05, 4.69) is 15.6 Å². The Morgan fingerprint density at radius 3 is 3.19 bits per heavy atom. The molecule has 1 aliphatic heterocycles. The minimum atomic E-state index is -0.0530. The Balaban J connectivity index is 1.92. The van der Waals surface area contributed by atoms with Crippen molar-refractivity contribution in [2.45, 2.75) is 31.7 Å². The van der Waals surface area contributed by atoms with Crippen LogP contribution in [0.5, 0.6) is 0 Å². The fourth-order valence-corrected chi connectivity index (χ4v) is 1.92. The van der Waals surface area contributed by atoms with E-state index in [-0.39, 0.29) is 11.9 Å². The van der Waals surface area contributed by atoms with Gasteiger partial charge in [0.1, 0.15) is 0 Å². The van der Waals surface area contributed by atoms with Gasteiger partial charge >= 0.3 is 0 Å². The second-order valence-electron chi connectivity index (χ2n) is 4.09. The molecule has 0 aromatic carbocycles. The van der Waals surface area contributed by atoms with Crippen LogP contribution in [0.3, 0.4) is 0 Å². The van der Waals surface area contributed by atoms with Crippen LogP contribution in [0.25, 0.3) is 0 Å². The highest BCUT2D eigenvalue weighted by Crippen LogP contribution is 2.11. The highest BCUT2D eigenvalue weighted by molar-refractivity contribution is 5.94. The van der Waals surface area contributed by atoms with Crippen LogP contribution in [0.15, 0.2) is 24.5 Å². The van der Waals surface area contributed by atoms with Crippen molar-refractivity contribution in [1.29, 1.82) is 0 Å². The topological polar surface area (TPSA) is 54.0 Å². The van der Waals surface area contributed by atoms with Gasteiger partial charge in [-0.25, -0.2) is 0 Å². The van der Waals surface area contributed by atoms with Gasteiger partial charge in [0.25, 0.3) is 0 Å². The first-order chi connectivity index (χ1) is 7.86. The van der Waals surface area contributed by atoms with E-state index in [1.165, 1.54) is 6.42 Å². The van der Waals surface area contributed by atoms with E-state index in [0.717, 1.165) is 31.5 Å². The van der Waals surface area contributed by atoms with Gasteiger partial charge in [0.15, 0.2) is 0 Å². The molecule has 1 aromatic rings. The second kappa shape index (κ2) is 5.61. The Morgan fingerprint density at radius 1 is 1.44 bits per heavy atom. The van der Waals surface area contributed by atoms with Crippen LogP contribution in [0, 0.1) is 0 Å². The first kappa shape index (κ1) is 11.1. The highest BCUT2D eigenvalue weighted by atomic mass is 16.2. The molecule has 2 N–H and O–H groups in total. The average Bonchev–Trinajstić information content (AvgIpc) is 2.59. The number of carbonyl (C=O) groups is 1. The van der Waals surface area contributed by atoms with E-state index in [1.54, 1.807) is 12.4 Å². The molecule has 1 aliphatic rings. The Hall–Kier alpha value is -1.42. The summed E-state index contributed by atoms with van der Waals surface area (Å²) in [7, 11) is 0. The van der Waals surface area contributed by atoms with Crippen molar-refractivity contribution in [3.8, 4) is 0 Å². The maximum Gasteiger partial charge on any atom is 0.241 e. The van der Waals surface area contributed by atoms with E-state index < -0.39 is 0 Å². The molecule has 1 atom stereocenters. The fraction of sp³-hybridized carbons (Fsp3) is 0.500. The molecule has 16 heavy (non-hydrogen) atoms. The van der Waals surface area contributed by atoms with Gasteiger partial charge in [0, 0.05) is 6.20 Å². The molecule has 2 heterocycles. The number of amides is 1. The Labute approximate surface area is 95.5 Å². The molecule has 1 aromatic heterocycles. The number of aromatic nitrogens is 1. The molecule has 0 radical (unpaired) electrons. The predicted octanol–water partition coefficient (Wildman–Crippen LogP) is 1.55. The summed E-state index contributed by atoms with van der Waals surface area (Å²) in [6.07, 6.45) is 7.78. The summed E-state index contributed by atoms with van der Waals surface area (Å²) in [4.78, 5) is 15.9. The smallest absolute Gasteiger partial charge is 0.241 e. The molecule has 1 saturated heterocycles. The highest BCUT2D eigenvalue weighted by Gasteiger charge is 2.19. The zero-order valence-corrected chi connectivity index (χ0v) is 9.28. The quantitative estimate of drug-likeness (QED) is 0.793. The normalized spacial score (nSPS) is 21.1. The van der Waals surface area contributed by atoms with E-state index in [0.29, 0.717) is 0 Å². The molecule has 4 nitrogen and oxygen atoms in total. The standard InChI is InChI=1S/C12H17N3O/c16-12(11-6-2-1-3-8-14-11)15-10-5-4-7-13-9-10/h4-5,7,9,11,14H,1-3,6,8H2,(H,15,16). The lowest BCUT2D eigenvalue weighted by molar-refractivity contribution is -0.118. The molecule has 0 bridgehead atoms. The SMILES string of the molecule is O=C(Nc1cccnc1)C1CCCCCN1. The first-order valence-corrected chi connectivity index (χ1v) is 5.80. The maximum absolute atomic E-state index is 11.9. The van der Waals surface area contributed by atoms with E-state index in [4.69, 9.17) is 0 Å². The predicted molar refractivity (Wildman–Crippen MR) is 63.1 cm³/mol. The second-order valence-corrected chi connectivity index (χ2v) is 4.09. The minimum Gasteiger partial charge on any atom is -0.323 e. The summed E-state index contributed by atoms with van der Waals surface area (Å²) in [6.45, 7) is 0.936. The van der Waals surface area contributed by atoms with Crippen LogP contribution in [0.4, 0.5) is 5.69 Å². The zero-order valence-electron chi connectivity index (χ0n) is 9.28. The van der Waals surface area contributed by atoms with Gasteiger partial charge in [-0.05, 0) is 31.5 Å². The monoisotopic (exact) mass is 219 g/mol. The summed E-state index contributed by atoms with van der Waals surface area (Å²) in [5.74, 6) is 0.0508. The van der Waals surface area contributed by atoms with Crippen molar-refractivity contribution in [1.82, 2.24) is 10.3 Å². The van der Waals surface area contributed by atoms with Crippen molar-refractivity contribution < 1.29 is 4.79 Å². The number of rotatable bonds is 2. The molecule has 1 fully saturated rings. The molecule has 0 spiro atoms. The lowest BCUT2D eigenvalue weighted by Crippen LogP contribution is -2.39. The summed E-state index contributed by atoms with van der Waals surface area (Å²) in [6, 6.07) is 3.61. The largest absolute Gasteiger partial charge is 0.323 e. The lowest BCUT2D eigenvalue weighted by atomic mass is 10.1. The van der Waals surface area contributed by atoms with Gasteiger partial charge in [0.2, 0.25) is 5.91 Å². The van der Waals surface area contributed by atoms with Crippen LogP contribution < -0.4 is 10.6 Å². The van der Waals surface area contributed by atoms with Crippen molar-refractivity contribution in [3.63, 3.8) is 0 Å². The summed E-state index contributed by atoms with van der Waals surface area (Å²) >= 11 is 0. The first-order valence-electron chi connectivity index (χ1n) is 5.80. The summed E-state index contributed by atoms with van der Waals surface area (Å²) in [5.41, 5.74) is 0.763. The molecule has 86 valence electrons. The number of nitrogens with zero attached hydrogens (tertiary/aromatic N) is 1. The van der Waals surface area contributed by atoms with Gasteiger partial charge in [-0.3, -0.25) is 9.78 Å². The third kappa shape index (κ3) is 3.03. The third-order valence-electron chi connectivity index (χ3n) is 2.81. The van der Waals surface area contributed by atoms with Crippen molar-refractivity contribution in [3.05, 3.63) is 24.5 Å². The van der Waals surface area contributed by atoms with Crippen molar-refractivity contribution >= 4 is 11.6 Å². The molecular formula is C12H17N3O. The van der Waals surface area contributed by atoms with Crippen molar-refractivity contribution in [2.24, 2.45) is 0 Å². The van der Waals surface area contributed by atoms with Crippen molar-refractivity contribution in [2.75, 3.05) is 11.9 Å². The third-order valence-corrected chi connectivity index (χ3v) is 2.81. The molecular weight excluding hydrogens is 202 g/mol. The fourth-order valence-electron chi connectivity index (χ4n) is 1.92. The molecule has 1 unspecified atom stereocenters. The Bertz CT molecular complexity index is 331. The average molecular weight is 219 g/mol. The summed E-state index contributed by atoms with van der Waals surface area (Å²) in [5, 5.41) is 6.14. The number of hydrogen-bond acceptors (Lipinski definition) is 3. The number of anilines is 1. The zero-order chi connectivity index (χ0) is 11.2. The van der Waals surface area contributed by atoms with Gasteiger partial charge in [0.05, 0.1) is 17.9 Å².